The van der Waals surface area contributed by atoms with Crippen LogP contribution in [0.3, 0.4) is 0 Å². The number of methoxy groups -OCH3 is 1. The molecule has 0 saturated carbocycles. The summed E-state index contributed by atoms with van der Waals surface area (Å²) in [6.45, 7) is 1.95. The normalized spacial score (nSPS) is 12.9. The Kier molecular flexibility index (Phi) is 2.91. The minimum absolute atomic E-state index is 0.102. The SMILES string of the molecule is COC(C)n1c2ccccc2c2cc([N+](=O)[O-])ccc21. The number of para-hydroxylation sites is 1. The number of non-ortho nitro benzene ring substituents is 1. The highest BCUT2D eigenvalue weighted by Crippen LogP contribution is 2.33. The van der Waals surface area contributed by atoms with Gasteiger partial charge in [0.15, 0.2) is 0 Å². The lowest BCUT2D eigenvalue weighted by Gasteiger charge is -2.14. The lowest BCUT2D eigenvalue weighted by Crippen LogP contribution is -2.06. The van der Waals surface area contributed by atoms with Crippen LogP contribution in [0.15, 0.2) is 42.5 Å². The van der Waals surface area contributed by atoms with Gasteiger partial charge in [-0.25, -0.2) is 0 Å². The molecule has 0 aliphatic rings. The Bertz CT molecular complexity index is 807. The van der Waals surface area contributed by atoms with Crippen molar-refractivity contribution < 1.29 is 9.66 Å². The lowest BCUT2D eigenvalue weighted by molar-refractivity contribution is -0.384. The molecule has 2 aromatic carbocycles. The highest BCUT2D eigenvalue weighted by atomic mass is 16.6. The first-order valence-corrected chi connectivity index (χ1v) is 6.33. The number of hydrogen-bond donors (Lipinski definition) is 0. The Labute approximate surface area is 115 Å². The molecule has 0 amide bonds. The fourth-order valence-corrected chi connectivity index (χ4v) is 2.60. The van der Waals surface area contributed by atoms with E-state index in [1.54, 1.807) is 19.2 Å². The van der Waals surface area contributed by atoms with Crippen LogP contribution in [-0.2, 0) is 4.74 Å². The lowest BCUT2D eigenvalue weighted by atomic mass is 10.1. The summed E-state index contributed by atoms with van der Waals surface area (Å²) in [5, 5.41) is 12.8. The molecule has 0 aliphatic heterocycles. The summed E-state index contributed by atoms with van der Waals surface area (Å²) in [6, 6.07) is 12.8. The first kappa shape index (κ1) is 12.6. The number of hydrogen-bond acceptors (Lipinski definition) is 3. The average Bonchev–Trinajstić information content (AvgIpc) is 2.80. The summed E-state index contributed by atoms with van der Waals surface area (Å²) < 4.78 is 7.47. The number of rotatable bonds is 3. The third kappa shape index (κ3) is 1.75. The number of ether oxygens (including phenoxy) is 1. The molecule has 0 spiro atoms. The van der Waals surface area contributed by atoms with Crippen molar-refractivity contribution in [2.45, 2.75) is 13.2 Å². The Morgan fingerprint density at radius 3 is 2.55 bits per heavy atom. The van der Waals surface area contributed by atoms with E-state index in [1.807, 2.05) is 35.8 Å². The van der Waals surface area contributed by atoms with E-state index in [4.69, 9.17) is 4.74 Å². The molecule has 3 aromatic rings. The highest BCUT2D eigenvalue weighted by molar-refractivity contribution is 6.08. The van der Waals surface area contributed by atoms with Crippen LogP contribution in [-0.4, -0.2) is 16.6 Å². The van der Waals surface area contributed by atoms with Gasteiger partial charge in [0.2, 0.25) is 0 Å². The van der Waals surface area contributed by atoms with Crippen molar-refractivity contribution in [3.05, 3.63) is 52.6 Å². The van der Waals surface area contributed by atoms with Gasteiger partial charge in [0.1, 0.15) is 6.23 Å². The van der Waals surface area contributed by atoms with E-state index in [2.05, 4.69) is 0 Å². The predicted molar refractivity (Wildman–Crippen MR) is 77.8 cm³/mol. The van der Waals surface area contributed by atoms with Crippen molar-refractivity contribution in [1.29, 1.82) is 0 Å². The zero-order valence-corrected chi connectivity index (χ0v) is 11.2. The number of benzene rings is 2. The zero-order valence-electron chi connectivity index (χ0n) is 11.2. The minimum Gasteiger partial charge on any atom is -0.362 e. The van der Waals surface area contributed by atoms with Crippen LogP contribution in [0.1, 0.15) is 13.2 Å². The molecule has 1 heterocycles. The maximum atomic E-state index is 11.0. The fourth-order valence-electron chi connectivity index (χ4n) is 2.60. The molecule has 0 radical (unpaired) electrons. The van der Waals surface area contributed by atoms with Crippen molar-refractivity contribution in [1.82, 2.24) is 4.57 Å². The summed E-state index contributed by atoms with van der Waals surface area (Å²) in [7, 11) is 1.65. The van der Waals surface area contributed by atoms with E-state index in [9.17, 15) is 10.1 Å². The molecule has 0 saturated heterocycles. The summed E-state index contributed by atoms with van der Waals surface area (Å²) in [4.78, 5) is 10.6. The number of nitro benzene ring substituents is 1. The Morgan fingerprint density at radius 2 is 1.85 bits per heavy atom. The van der Waals surface area contributed by atoms with Gasteiger partial charge in [0.25, 0.3) is 5.69 Å². The topological polar surface area (TPSA) is 57.3 Å². The van der Waals surface area contributed by atoms with Gasteiger partial charge < -0.3 is 9.30 Å². The molecular weight excluding hydrogens is 256 g/mol. The maximum absolute atomic E-state index is 11.0. The Morgan fingerprint density at radius 1 is 1.15 bits per heavy atom. The molecule has 1 aromatic heterocycles. The van der Waals surface area contributed by atoms with E-state index in [0.29, 0.717) is 0 Å². The fraction of sp³-hybridized carbons (Fsp3) is 0.200. The van der Waals surface area contributed by atoms with Crippen LogP contribution in [0, 0.1) is 10.1 Å². The Balaban J connectivity index is 2.44. The smallest absolute Gasteiger partial charge is 0.270 e. The van der Waals surface area contributed by atoms with Gasteiger partial charge in [-0.05, 0) is 19.1 Å². The summed E-state index contributed by atoms with van der Waals surface area (Å²) in [5.74, 6) is 0. The second kappa shape index (κ2) is 4.61. The van der Waals surface area contributed by atoms with Crippen molar-refractivity contribution in [2.75, 3.05) is 7.11 Å². The summed E-state index contributed by atoms with van der Waals surface area (Å²) in [5.41, 5.74) is 2.05. The van der Waals surface area contributed by atoms with E-state index in [1.165, 1.54) is 6.07 Å². The van der Waals surface area contributed by atoms with Crippen molar-refractivity contribution in [2.24, 2.45) is 0 Å². The molecule has 1 unspecified atom stereocenters. The number of nitrogens with zero attached hydrogens (tertiary/aromatic N) is 2. The van der Waals surface area contributed by atoms with Gasteiger partial charge in [0, 0.05) is 30.0 Å². The van der Waals surface area contributed by atoms with E-state index < -0.39 is 0 Å². The van der Waals surface area contributed by atoms with Crippen molar-refractivity contribution in [3.8, 4) is 0 Å². The van der Waals surface area contributed by atoms with Gasteiger partial charge in [-0.15, -0.1) is 0 Å². The first-order chi connectivity index (χ1) is 9.63. The van der Waals surface area contributed by atoms with E-state index >= 15 is 0 Å². The number of nitro groups is 1. The molecular formula is C15H14N2O3. The third-order valence-electron chi connectivity index (χ3n) is 3.61. The number of aromatic nitrogens is 1. The molecule has 0 bridgehead atoms. The minimum atomic E-state index is -0.370. The first-order valence-electron chi connectivity index (χ1n) is 6.33. The molecule has 0 aliphatic carbocycles. The standard InChI is InChI=1S/C15H14N2O3/c1-10(20-2)16-14-6-4-3-5-12(14)13-9-11(17(18)19)7-8-15(13)16/h3-10H,1-2H3. The molecule has 102 valence electrons. The molecule has 3 rings (SSSR count). The predicted octanol–water partition coefficient (Wildman–Crippen LogP) is 3.87. The van der Waals surface area contributed by atoms with Crippen LogP contribution >= 0.6 is 0 Å². The third-order valence-corrected chi connectivity index (χ3v) is 3.61. The van der Waals surface area contributed by atoms with Crippen molar-refractivity contribution in [3.63, 3.8) is 0 Å². The van der Waals surface area contributed by atoms with Crippen LogP contribution in [0.2, 0.25) is 0 Å². The zero-order chi connectivity index (χ0) is 14.3. The van der Waals surface area contributed by atoms with Gasteiger partial charge >= 0.3 is 0 Å². The molecule has 1 atom stereocenters. The highest BCUT2D eigenvalue weighted by Gasteiger charge is 2.17. The second-order valence-corrected chi connectivity index (χ2v) is 4.68. The average molecular weight is 270 g/mol. The largest absolute Gasteiger partial charge is 0.362 e. The van der Waals surface area contributed by atoms with Gasteiger partial charge in [-0.1, -0.05) is 18.2 Å². The quantitative estimate of drug-likeness (QED) is 0.536. The maximum Gasteiger partial charge on any atom is 0.270 e. The Hall–Kier alpha value is -2.40. The van der Waals surface area contributed by atoms with Gasteiger partial charge in [-0.2, -0.15) is 0 Å². The second-order valence-electron chi connectivity index (χ2n) is 4.68. The molecule has 0 N–H and O–H groups in total. The summed E-state index contributed by atoms with van der Waals surface area (Å²) >= 11 is 0. The molecule has 20 heavy (non-hydrogen) atoms. The molecule has 0 fully saturated rings. The van der Waals surface area contributed by atoms with Crippen LogP contribution in [0.5, 0.6) is 0 Å². The van der Waals surface area contributed by atoms with Crippen LogP contribution < -0.4 is 0 Å². The monoisotopic (exact) mass is 270 g/mol. The number of fused-ring (bicyclic) bond motifs is 3. The van der Waals surface area contributed by atoms with Crippen molar-refractivity contribution >= 4 is 27.5 Å². The van der Waals surface area contributed by atoms with E-state index in [-0.39, 0.29) is 16.8 Å². The van der Waals surface area contributed by atoms with Gasteiger partial charge in [0.05, 0.1) is 16.0 Å². The van der Waals surface area contributed by atoms with E-state index in [0.717, 1.165) is 21.8 Å². The molecule has 5 nitrogen and oxygen atoms in total. The molecule has 5 heteroatoms. The summed E-state index contributed by atoms with van der Waals surface area (Å²) in [6.07, 6.45) is -0.140. The van der Waals surface area contributed by atoms with Crippen LogP contribution in [0.25, 0.3) is 21.8 Å². The van der Waals surface area contributed by atoms with Gasteiger partial charge in [-0.3, -0.25) is 10.1 Å². The van der Waals surface area contributed by atoms with Crippen LogP contribution in [0.4, 0.5) is 5.69 Å².